The molecule has 0 fully saturated rings. The summed E-state index contributed by atoms with van der Waals surface area (Å²) in [6.45, 7) is 1.31. The zero-order chi connectivity index (χ0) is 18.2. The molecule has 0 saturated carbocycles. The first-order chi connectivity index (χ1) is 12.0. The molecule has 0 aliphatic rings. The van der Waals surface area contributed by atoms with E-state index in [0.29, 0.717) is 5.69 Å². The van der Waals surface area contributed by atoms with Gasteiger partial charge in [0.15, 0.2) is 0 Å². The maximum absolute atomic E-state index is 12.0. The Kier molecular flexibility index (Phi) is 6.25. The summed E-state index contributed by atoms with van der Waals surface area (Å²) in [5.74, 6) is -2.33. The third-order valence-corrected chi connectivity index (χ3v) is 3.38. The molecule has 0 heterocycles. The van der Waals surface area contributed by atoms with Crippen LogP contribution in [0.5, 0.6) is 0 Å². The molecule has 0 spiro atoms. The van der Waals surface area contributed by atoms with Crippen molar-refractivity contribution in [2.75, 3.05) is 23.7 Å². The van der Waals surface area contributed by atoms with Gasteiger partial charge in [-0.05, 0) is 36.4 Å². The molecule has 0 aliphatic carbocycles. The van der Waals surface area contributed by atoms with E-state index in [9.17, 15) is 14.4 Å². The fraction of sp³-hybridized carbons (Fsp3) is 0.167. The summed E-state index contributed by atoms with van der Waals surface area (Å²) < 4.78 is 0. The van der Waals surface area contributed by atoms with Crippen LogP contribution in [-0.4, -0.2) is 35.7 Å². The van der Waals surface area contributed by atoms with Gasteiger partial charge in [0, 0.05) is 37.1 Å². The summed E-state index contributed by atoms with van der Waals surface area (Å²) in [6.07, 6.45) is 0. The maximum Gasteiger partial charge on any atom is 0.318 e. The lowest BCUT2D eigenvalue weighted by atomic mass is 10.2. The summed E-state index contributed by atoms with van der Waals surface area (Å²) in [5.41, 5.74) is 7.58. The molecular formula is C18H20N4O3. The van der Waals surface area contributed by atoms with Crippen LogP contribution in [0.15, 0.2) is 54.6 Å². The molecule has 0 saturated heterocycles. The van der Waals surface area contributed by atoms with E-state index >= 15 is 0 Å². The number of rotatable bonds is 5. The highest BCUT2D eigenvalue weighted by molar-refractivity contribution is 6.41. The average molecular weight is 340 g/mol. The Morgan fingerprint density at radius 2 is 1.48 bits per heavy atom. The molecule has 0 bridgehead atoms. The van der Waals surface area contributed by atoms with Crippen molar-refractivity contribution < 1.29 is 14.4 Å². The smallest absolute Gasteiger partial charge is 0.318 e. The lowest BCUT2D eigenvalue weighted by molar-refractivity contribution is -0.149. The topological polar surface area (TPSA) is 105 Å². The largest absolute Gasteiger partial charge is 0.356 e. The van der Waals surface area contributed by atoms with E-state index in [1.807, 2.05) is 30.3 Å². The lowest BCUT2D eigenvalue weighted by Gasteiger charge is -2.17. The predicted molar refractivity (Wildman–Crippen MR) is 96.2 cm³/mol. The Balaban J connectivity index is 1.99. The summed E-state index contributed by atoms with van der Waals surface area (Å²) in [6, 6.07) is 16.5. The highest BCUT2D eigenvalue weighted by atomic mass is 16.2. The molecule has 2 rings (SSSR count). The van der Waals surface area contributed by atoms with Gasteiger partial charge < -0.3 is 16.4 Å². The number of nitrogens with zero attached hydrogens (tertiary/aromatic N) is 1. The maximum atomic E-state index is 12.0. The van der Waals surface area contributed by atoms with Crippen LogP contribution in [0, 0.1) is 0 Å². The van der Waals surface area contributed by atoms with Gasteiger partial charge in [-0.15, -0.1) is 0 Å². The summed E-state index contributed by atoms with van der Waals surface area (Å²) in [7, 11) is 0. The van der Waals surface area contributed by atoms with Gasteiger partial charge in [-0.2, -0.15) is 0 Å². The van der Waals surface area contributed by atoms with Crippen molar-refractivity contribution in [3.8, 4) is 0 Å². The van der Waals surface area contributed by atoms with E-state index in [1.165, 1.54) is 6.92 Å². The van der Waals surface area contributed by atoms with Crippen molar-refractivity contribution in [1.29, 1.82) is 0 Å². The lowest BCUT2D eigenvalue weighted by Crippen LogP contribution is -2.44. The molecular weight excluding hydrogens is 320 g/mol. The number of imide groups is 1. The second-order valence-electron chi connectivity index (χ2n) is 5.29. The van der Waals surface area contributed by atoms with Crippen molar-refractivity contribution in [3.05, 3.63) is 54.6 Å². The molecule has 4 N–H and O–H groups in total. The van der Waals surface area contributed by atoms with Gasteiger partial charge in [0.25, 0.3) is 0 Å². The van der Waals surface area contributed by atoms with Gasteiger partial charge in [0.05, 0.1) is 0 Å². The molecule has 2 aromatic carbocycles. The second kappa shape index (κ2) is 8.60. The first-order valence-corrected chi connectivity index (χ1v) is 7.77. The van der Waals surface area contributed by atoms with Crippen LogP contribution in [0.25, 0.3) is 0 Å². The Labute approximate surface area is 145 Å². The van der Waals surface area contributed by atoms with E-state index in [-0.39, 0.29) is 13.1 Å². The van der Waals surface area contributed by atoms with Gasteiger partial charge in [-0.25, -0.2) is 0 Å². The molecule has 0 aliphatic heterocycles. The summed E-state index contributed by atoms with van der Waals surface area (Å²) in [4.78, 5) is 36.2. The molecule has 3 amide bonds. The molecule has 7 heteroatoms. The van der Waals surface area contributed by atoms with E-state index in [4.69, 9.17) is 5.73 Å². The quantitative estimate of drug-likeness (QED) is 0.719. The molecule has 130 valence electrons. The Bertz CT molecular complexity index is 745. The summed E-state index contributed by atoms with van der Waals surface area (Å²) >= 11 is 0. The minimum atomic E-state index is -0.926. The van der Waals surface area contributed by atoms with Crippen molar-refractivity contribution in [2.45, 2.75) is 6.92 Å². The van der Waals surface area contributed by atoms with Crippen LogP contribution >= 0.6 is 0 Å². The van der Waals surface area contributed by atoms with Crippen molar-refractivity contribution >= 4 is 34.8 Å². The third kappa shape index (κ3) is 5.15. The van der Waals surface area contributed by atoms with Crippen molar-refractivity contribution in [1.82, 2.24) is 4.90 Å². The van der Waals surface area contributed by atoms with Crippen LogP contribution < -0.4 is 16.4 Å². The number of carbonyl (C=O) groups is 3. The van der Waals surface area contributed by atoms with E-state index in [2.05, 4.69) is 10.6 Å². The Morgan fingerprint density at radius 3 is 2.04 bits per heavy atom. The number of benzene rings is 2. The SMILES string of the molecule is CC(=O)N(CCN)C(=O)C(=O)Nc1ccc(Nc2ccccc2)cc1. The van der Waals surface area contributed by atoms with E-state index < -0.39 is 17.7 Å². The Morgan fingerprint density at radius 1 is 0.920 bits per heavy atom. The average Bonchev–Trinajstić information content (AvgIpc) is 2.61. The second-order valence-corrected chi connectivity index (χ2v) is 5.29. The van der Waals surface area contributed by atoms with Gasteiger partial charge in [0.2, 0.25) is 5.91 Å². The van der Waals surface area contributed by atoms with Crippen LogP contribution in [0.1, 0.15) is 6.92 Å². The number of para-hydroxylation sites is 1. The van der Waals surface area contributed by atoms with Crippen LogP contribution in [-0.2, 0) is 14.4 Å². The number of nitrogens with one attached hydrogen (secondary N) is 2. The predicted octanol–water partition coefficient (Wildman–Crippen LogP) is 1.70. The molecule has 25 heavy (non-hydrogen) atoms. The molecule has 7 nitrogen and oxygen atoms in total. The highest BCUT2D eigenvalue weighted by Gasteiger charge is 2.24. The Hall–Kier alpha value is -3.19. The molecule has 2 aromatic rings. The van der Waals surface area contributed by atoms with Crippen molar-refractivity contribution in [2.24, 2.45) is 5.73 Å². The standard InChI is InChI=1S/C18H20N4O3/c1-13(23)22(12-11-19)18(25)17(24)21-16-9-7-15(8-10-16)20-14-5-3-2-4-6-14/h2-10,20H,11-12,19H2,1H3,(H,21,24). The number of amides is 3. The molecule has 0 unspecified atom stereocenters. The fourth-order valence-electron chi connectivity index (χ4n) is 2.16. The number of carbonyl (C=O) groups excluding carboxylic acids is 3. The minimum Gasteiger partial charge on any atom is -0.356 e. The van der Waals surface area contributed by atoms with Gasteiger partial charge in [-0.1, -0.05) is 18.2 Å². The minimum absolute atomic E-state index is 0.00151. The zero-order valence-electron chi connectivity index (χ0n) is 13.9. The van der Waals surface area contributed by atoms with E-state index in [1.54, 1.807) is 24.3 Å². The molecule has 0 atom stereocenters. The first-order valence-electron chi connectivity index (χ1n) is 7.77. The van der Waals surface area contributed by atoms with Crippen LogP contribution in [0.2, 0.25) is 0 Å². The van der Waals surface area contributed by atoms with Gasteiger partial charge in [0.1, 0.15) is 0 Å². The fourth-order valence-corrected chi connectivity index (χ4v) is 2.16. The monoisotopic (exact) mass is 340 g/mol. The highest BCUT2D eigenvalue weighted by Crippen LogP contribution is 2.18. The summed E-state index contributed by atoms with van der Waals surface area (Å²) in [5, 5.41) is 5.69. The van der Waals surface area contributed by atoms with Crippen LogP contribution in [0.3, 0.4) is 0 Å². The van der Waals surface area contributed by atoms with E-state index in [0.717, 1.165) is 16.3 Å². The van der Waals surface area contributed by atoms with Gasteiger partial charge in [-0.3, -0.25) is 19.3 Å². The number of hydrogen-bond acceptors (Lipinski definition) is 5. The van der Waals surface area contributed by atoms with Crippen molar-refractivity contribution in [3.63, 3.8) is 0 Å². The molecule has 0 aromatic heterocycles. The normalized spacial score (nSPS) is 10.0. The van der Waals surface area contributed by atoms with Crippen LogP contribution in [0.4, 0.5) is 17.1 Å². The first kappa shape index (κ1) is 18.2. The zero-order valence-corrected chi connectivity index (χ0v) is 13.9. The number of hydrogen-bond donors (Lipinski definition) is 3. The van der Waals surface area contributed by atoms with Gasteiger partial charge >= 0.3 is 11.8 Å². The number of nitrogens with two attached hydrogens (primary N) is 1. The molecule has 0 radical (unpaired) electrons. The third-order valence-electron chi connectivity index (χ3n) is 3.38. The number of anilines is 3.